The van der Waals surface area contributed by atoms with Crippen LogP contribution in [0.2, 0.25) is 0 Å². The van der Waals surface area contributed by atoms with Crippen LogP contribution in [0, 0.1) is 5.41 Å². The standard InChI is InChI=1S/C25H32N2O5/c1-24(2,3)32-23(30)26-14-11-20(25(16-26)12-7-8-13-25)27-15-18(21(28)22(29)31-4)17-9-5-6-10-19(17)27/h5-6,9-10,15,20H,7-8,11-14,16H2,1-4H3. The normalized spacial score (nSPS) is 20.5. The van der Waals surface area contributed by atoms with Crippen LogP contribution >= 0.6 is 0 Å². The molecular weight excluding hydrogens is 408 g/mol. The summed E-state index contributed by atoms with van der Waals surface area (Å²) < 4.78 is 12.5. The summed E-state index contributed by atoms with van der Waals surface area (Å²) in [7, 11) is 1.22. The summed E-state index contributed by atoms with van der Waals surface area (Å²) in [5.74, 6) is -1.49. The SMILES string of the molecule is COC(=O)C(=O)c1cn(C2CCN(C(=O)OC(C)(C)C)CC23CCCC3)c2ccccc12. The summed E-state index contributed by atoms with van der Waals surface area (Å²) in [5.41, 5.74) is 0.691. The number of carbonyl (C=O) groups is 3. The third-order valence-electron chi connectivity index (χ3n) is 6.83. The molecule has 2 aromatic rings. The highest BCUT2D eigenvalue weighted by atomic mass is 16.6. The predicted octanol–water partition coefficient (Wildman–Crippen LogP) is 4.74. The highest BCUT2D eigenvalue weighted by molar-refractivity contribution is 6.43. The van der Waals surface area contributed by atoms with Gasteiger partial charge in [0.1, 0.15) is 5.60 Å². The Hall–Kier alpha value is -2.83. The van der Waals surface area contributed by atoms with E-state index in [-0.39, 0.29) is 17.6 Å². The Labute approximate surface area is 188 Å². The first-order chi connectivity index (χ1) is 15.1. The minimum absolute atomic E-state index is 0.0808. The number of benzene rings is 1. The Balaban J connectivity index is 1.71. The van der Waals surface area contributed by atoms with Crippen molar-refractivity contribution >= 4 is 28.7 Å². The molecule has 1 aromatic carbocycles. The van der Waals surface area contributed by atoms with Crippen LogP contribution in [0.1, 0.15) is 69.3 Å². The second kappa shape index (κ2) is 8.26. The van der Waals surface area contributed by atoms with E-state index >= 15 is 0 Å². The van der Waals surface area contributed by atoms with E-state index in [9.17, 15) is 14.4 Å². The second-order valence-electron chi connectivity index (χ2n) is 10.1. The van der Waals surface area contributed by atoms with Crippen molar-refractivity contribution in [2.24, 2.45) is 5.41 Å². The second-order valence-corrected chi connectivity index (χ2v) is 10.1. The zero-order chi connectivity index (χ0) is 23.1. The van der Waals surface area contributed by atoms with E-state index in [1.54, 1.807) is 0 Å². The molecule has 1 atom stereocenters. The number of aromatic nitrogens is 1. The number of nitrogens with zero attached hydrogens (tertiary/aromatic N) is 2. The summed E-state index contributed by atoms with van der Waals surface area (Å²) in [6.07, 6.45) is 6.59. The van der Waals surface area contributed by atoms with Crippen molar-refractivity contribution in [2.75, 3.05) is 20.2 Å². The maximum absolute atomic E-state index is 12.8. The van der Waals surface area contributed by atoms with Crippen LogP contribution in [-0.2, 0) is 14.3 Å². The van der Waals surface area contributed by atoms with Crippen molar-refractivity contribution in [3.05, 3.63) is 36.0 Å². The minimum Gasteiger partial charge on any atom is -0.463 e. The molecule has 1 aliphatic heterocycles. The van der Waals surface area contributed by atoms with E-state index in [1.165, 1.54) is 7.11 Å². The van der Waals surface area contributed by atoms with Crippen LogP contribution in [-0.4, -0.2) is 53.1 Å². The van der Waals surface area contributed by atoms with Crippen molar-refractivity contribution in [1.82, 2.24) is 9.47 Å². The van der Waals surface area contributed by atoms with Gasteiger partial charge in [-0.15, -0.1) is 0 Å². The van der Waals surface area contributed by atoms with Gasteiger partial charge in [0, 0.05) is 41.6 Å². The van der Waals surface area contributed by atoms with Crippen molar-refractivity contribution in [3.8, 4) is 0 Å². The van der Waals surface area contributed by atoms with Gasteiger partial charge in [0.2, 0.25) is 0 Å². The Morgan fingerprint density at radius 1 is 1.09 bits per heavy atom. The number of ether oxygens (including phenoxy) is 2. The van der Waals surface area contributed by atoms with Gasteiger partial charge in [-0.05, 0) is 46.1 Å². The first-order valence-corrected chi connectivity index (χ1v) is 11.4. The summed E-state index contributed by atoms with van der Waals surface area (Å²) >= 11 is 0. The molecule has 32 heavy (non-hydrogen) atoms. The average molecular weight is 441 g/mol. The van der Waals surface area contributed by atoms with Crippen LogP contribution in [0.5, 0.6) is 0 Å². The molecule has 2 heterocycles. The van der Waals surface area contributed by atoms with E-state index in [0.717, 1.165) is 43.0 Å². The number of carbonyl (C=O) groups excluding carboxylic acids is 3. The van der Waals surface area contributed by atoms with Gasteiger partial charge < -0.3 is 18.9 Å². The molecule has 0 N–H and O–H groups in total. The largest absolute Gasteiger partial charge is 0.463 e. The average Bonchev–Trinajstić information content (AvgIpc) is 3.37. The molecule has 7 heteroatoms. The zero-order valence-electron chi connectivity index (χ0n) is 19.3. The van der Waals surface area contributed by atoms with Crippen LogP contribution in [0.3, 0.4) is 0 Å². The lowest BCUT2D eigenvalue weighted by molar-refractivity contribution is -0.135. The molecule has 1 aromatic heterocycles. The fraction of sp³-hybridized carbons (Fsp3) is 0.560. The number of Topliss-reactive ketones (excluding diaryl/α,β-unsaturated/α-hetero) is 1. The molecule has 0 radical (unpaired) electrons. The molecule has 2 fully saturated rings. The van der Waals surface area contributed by atoms with Gasteiger partial charge in [-0.2, -0.15) is 0 Å². The Bertz CT molecular complexity index is 1040. The van der Waals surface area contributed by atoms with Crippen LogP contribution in [0.25, 0.3) is 10.9 Å². The van der Waals surface area contributed by atoms with Crippen molar-refractivity contribution in [2.45, 2.75) is 64.5 Å². The number of amides is 1. The summed E-state index contributed by atoms with van der Waals surface area (Å²) in [4.78, 5) is 39.4. The van der Waals surface area contributed by atoms with Gasteiger partial charge in [-0.3, -0.25) is 4.79 Å². The van der Waals surface area contributed by atoms with Crippen molar-refractivity contribution in [1.29, 1.82) is 0 Å². The number of para-hydroxylation sites is 1. The number of ketones is 1. The van der Waals surface area contributed by atoms with Crippen LogP contribution in [0.4, 0.5) is 4.79 Å². The maximum atomic E-state index is 12.8. The molecule has 7 nitrogen and oxygen atoms in total. The van der Waals surface area contributed by atoms with E-state index in [0.29, 0.717) is 18.7 Å². The first-order valence-electron chi connectivity index (χ1n) is 11.4. The third kappa shape index (κ3) is 4.00. The summed E-state index contributed by atoms with van der Waals surface area (Å²) in [6.45, 7) is 6.88. The Morgan fingerprint density at radius 3 is 2.44 bits per heavy atom. The fourth-order valence-electron chi connectivity index (χ4n) is 5.48. The lowest BCUT2D eigenvalue weighted by atomic mass is 9.74. The molecule has 2 aliphatic rings. The number of piperidine rings is 1. The number of likely N-dealkylation sites (tertiary alicyclic amines) is 1. The molecule has 4 rings (SSSR count). The molecule has 1 unspecified atom stereocenters. The van der Waals surface area contributed by atoms with Crippen molar-refractivity contribution in [3.63, 3.8) is 0 Å². The molecule has 1 aliphatic carbocycles. The predicted molar refractivity (Wildman–Crippen MR) is 121 cm³/mol. The number of hydrogen-bond donors (Lipinski definition) is 0. The van der Waals surface area contributed by atoms with Gasteiger partial charge in [-0.25, -0.2) is 9.59 Å². The topological polar surface area (TPSA) is 77.8 Å². The van der Waals surface area contributed by atoms with Crippen LogP contribution < -0.4 is 0 Å². The molecule has 172 valence electrons. The zero-order valence-corrected chi connectivity index (χ0v) is 19.3. The highest BCUT2D eigenvalue weighted by Gasteiger charge is 2.48. The van der Waals surface area contributed by atoms with E-state index in [2.05, 4.69) is 9.30 Å². The van der Waals surface area contributed by atoms with Gasteiger partial charge in [0.05, 0.1) is 12.7 Å². The number of esters is 1. The Morgan fingerprint density at radius 2 is 1.78 bits per heavy atom. The summed E-state index contributed by atoms with van der Waals surface area (Å²) in [6, 6.07) is 7.82. The monoisotopic (exact) mass is 440 g/mol. The minimum atomic E-state index is -0.858. The number of hydrogen-bond acceptors (Lipinski definition) is 5. The Kier molecular flexibility index (Phi) is 5.77. The van der Waals surface area contributed by atoms with E-state index in [4.69, 9.17) is 4.74 Å². The summed E-state index contributed by atoms with van der Waals surface area (Å²) in [5, 5.41) is 0.755. The van der Waals surface area contributed by atoms with Crippen molar-refractivity contribution < 1.29 is 23.9 Å². The van der Waals surface area contributed by atoms with Gasteiger partial charge >= 0.3 is 12.1 Å². The molecule has 1 spiro atoms. The maximum Gasteiger partial charge on any atom is 0.410 e. The van der Waals surface area contributed by atoms with E-state index < -0.39 is 17.4 Å². The lowest BCUT2D eigenvalue weighted by Crippen LogP contribution is -2.51. The lowest BCUT2D eigenvalue weighted by Gasteiger charge is -2.47. The molecule has 1 saturated carbocycles. The molecule has 1 saturated heterocycles. The smallest absolute Gasteiger partial charge is 0.410 e. The van der Waals surface area contributed by atoms with Crippen LogP contribution in [0.15, 0.2) is 30.5 Å². The highest BCUT2D eigenvalue weighted by Crippen LogP contribution is 2.52. The van der Waals surface area contributed by atoms with Gasteiger partial charge in [-0.1, -0.05) is 31.0 Å². The molecular formula is C25H32N2O5. The van der Waals surface area contributed by atoms with Gasteiger partial charge in [0.15, 0.2) is 0 Å². The van der Waals surface area contributed by atoms with E-state index in [1.807, 2.05) is 56.1 Å². The van der Waals surface area contributed by atoms with Gasteiger partial charge in [0.25, 0.3) is 5.78 Å². The molecule has 0 bridgehead atoms. The first kappa shape index (κ1) is 22.4. The number of methoxy groups -OCH3 is 1. The molecule has 1 amide bonds. The number of rotatable bonds is 3. The fourth-order valence-corrected chi connectivity index (χ4v) is 5.48. The quantitative estimate of drug-likeness (QED) is 0.391. The third-order valence-corrected chi connectivity index (χ3v) is 6.83. The number of fused-ring (bicyclic) bond motifs is 1.